The number of hydrogen-bond acceptors (Lipinski definition) is 2. The van der Waals surface area contributed by atoms with Crippen LogP contribution in [0.25, 0.3) is 0 Å². The second kappa shape index (κ2) is 7.35. The van der Waals surface area contributed by atoms with Crippen molar-refractivity contribution in [2.45, 2.75) is 6.42 Å². The maximum absolute atomic E-state index is 11.3. The molecular weight excluding hydrogens is 305 g/mol. The van der Waals surface area contributed by atoms with Crippen LogP contribution in [0.15, 0.2) is 40.3 Å². The average Bonchev–Trinajstić information content (AvgIpc) is 2.29. The van der Waals surface area contributed by atoms with Gasteiger partial charge in [-0.05, 0) is 24.3 Å². The van der Waals surface area contributed by atoms with Crippen molar-refractivity contribution in [1.82, 2.24) is 5.32 Å². The Kier molecular flexibility index (Phi) is 6.08. The number of halogens is 2. The summed E-state index contributed by atoms with van der Waals surface area (Å²) >= 11 is 8.85. The van der Waals surface area contributed by atoms with Crippen molar-refractivity contribution >= 4 is 33.4 Å². The highest BCUT2D eigenvalue weighted by molar-refractivity contribution is 9.10. The fraction of sp³-hybridized carbons (Fsp3) is 0.250. The molecule has 0 aliphatic heterocycles. The van der Waals surface area contributed by atoms with Gasteiger partial charge in [0.1, 0.15) is 5.75 Å². The molecule has 0 aliphatic rings. The van der Waals surface area contributed by atoms with Gasteiger partial charge < -0.3 is 10.1 Å². The van der Waals surface area contributed by atoms with Gasteiger partial charge in [-0.1, -0.05) is 34.1 Å². The minimum absolute atomic E-state index is 0.107. The van der Waals surface area contributed by atoms with E-state index >= 15 is 0 Å². The summed E-state index contributed by atoms with van der Waals surface area (Å²) in [6, 6.07) is 7.44. The van der Waals surface area contributed by atoms with Crippen LogP contribution in [-0.2, 0) is 4.79 Å². The van der Waals surface area contributed by atoms with Gasteiger partial charge >= 0.3 is 0 Å². The molecule has 0 saturated heterocycles. The summed E-state index contributed by atoms with van der Waals surface area (Å²) in [7, 11) is 0. The number of hydrogen-bond donors (Lipinski definition) is 1. The molecule has 1 N–H and O–H groups in total. The predicted octanol–water partition coefficient (Wildman–Crippen LogP) is 3.09. The minimum atomic E-state index is -0.107. The lowest BCUT2D eigenvalue weighted by molar-refractivity contribution is -0.121. The van der Waals surface area contributed by atoms with Gasteiger partial charge in [0.2, 0.25) is 5.91 Å². The lowest BCUT2D eigenvalue weighted by atomic mass is 10.3. The Balaban J connectivity index is 2.21. The molecule has 0 atom stereocenters. The molecule has 0 aromatic heterocycles. The van der Waals surface area contributed by atoms with Gasteiger partial charge in [0.15, 0.2) is 0 Å². The van der Waals surface area contributed by atoms with E-state index in [-0.39, 0.29) is 5.91 Å². The lowest BCUT2D eigenvalue weighted by Gasteiger charge is -2.06. The predicted molar refractivity (Wildman–Crippen MR) is 72.3 cm³/mol. The molecule has 1 aromatic rings. The third-order valence-electron chi connectivity index (χ3n) is 1.89. The van der Waals surface area contributed by atoms with Crippen LogP contribution in [0.2, 0.25) is 0 Å². The maximum atomic E-state index is 11.3. The summed E-state index contributed by atoms with van der Waals surface area (Å²) in [6.45, 7) is 4.10. The van der Waals surface area contributed by atoms with E-state index in [4.69, 9.17) is 16.3 Å². The Morgan fingerprint density at radius 1 is 1.41 bits per heavy atom. The maximum Gasteiger partial charge on any atom is 0.223 e. The number of rotatable bonds is 6. The number of amides is 1. The largest absolute Gasteiger partial charge is 0.493 e. The summed E-state index contributed by atoms with van der Waals surface area (Å²) in [6.07, 6.45) is 0.292. The van der Waals surface area contributed by atoms with Crippen molar-refractivity contribution in [3.8, 4) is 5.75 Å². The van der Waals surface area contributed by atoms with Crippen molar-refractivity contribution in [3.63, 3.8) is 0 Å². The SMILES string of the molecule is C=C(Cl)CNC(=O)CCOc1ccc(Br)cc1. The van der Waals surface area contributed by atoms with E-state index in [2.05, 4.69) is 27.8 Å². The van der Waals surface area contributed by atoms with E-state index in [9.17, 15) is 4.79 Å². The smallest absolute Gasteiger partial charge is 0.223 e. The first-order valence-electron chi connectivity index (χ1n) is 5.06. The third kappa shape index (κ3) is 6.34. The molecule has 0 unspecified atom stereocenters. The molecule has 17 heavy (non-hydrogen) atoms. The van der Waals surface area contributed by atoms with Crippen LogP contribution in [0.1, 0.15) is 6.42 Å². The van der Waals surface area contributed by atoms with Crippen LogP contribution in [0, 0.1) is 0 Å². The summed E-state index contributed by atoms with van der Waals surface area (Å²) < 4.78 is 6.39. The Labute approximate surface area is 114 Å². The third-order valence-corrected chi connectivity index (χ3v) is 2.55. The van der Waals surface area contributed by atoms with Gasteiger partial charge in [-0.25, -0.2) is 0 Å². The summed E-state index contributed by atoms with van der Waals surface area (Å²) in [5.74, 6) is 0.631. The van der Waals surface area contributed by atoms with Gasteiger partial charge in [0.25, 0.3) is 0 Å². The van der Waals surface area contributed by atoms with Crippen LogP contribution in [0.3, 0.4) is 0 Å². The van der Waals surface area contributed by atoms with Gasteiger partial charge in [0, 0.05) is 9.51 Å². The molecule has 3 nitrogen and oxygen atoms in total. The van der Waals surface area contributed by atoms with Crippen LogP contribution in [0.5, 0.6) is 5.75 Å². The van der Waals surface area contributed by atoms with Crippen LogP contribution in [0.4, 0.5) is 0 Å². The second-order valence-electron chi connectivity index (χ2n) is 3.35. The normalized spacial score (nSPS) is 9.76. The van der Waals surface area contributed by atoms with E-state index in [1.165, 1.54) is 0 Å². The molecule has 0 fully saturated rings. The molecule has 0 radical (unpaired) electrons. The van der Waals surface area contributed by atoms with Crippen molar-refractivity contribution in [1.29, 1.82) is 0 Å². The van der Waals surface area contributed by atoms with Gasteiger partial charge in [0.05, 0.1) is 19.6 Å². The van der Waals surface area contributed by atoms with E-state index in [1.54, 1.807) is 0 Å². The van der Waals surface area contributed by atoms with Crippen molar-refractivity contribution < 1.29 is 9.53 Å². The van der Waals surface area contributed by atoms with Crippen LogP contribution >= 0.6 is 27.5 Å². The van der Waals surface area contributed by atoms with E-state index < -0.39 is 0 Å². The van der Waals surface area contributed by atoms with Gasteiger partial charge in [-0.15, -0.1) is 0 Å². The van der Waals surface area contributed by atoms with E-state index in [0.717, 1.165) is 10.2 Å². The first-order valence-corrected chi connectivity index (χ1v) is 6.23. The molecule has 0 bridgehead atoms. The molecule has 92 valence electrons. The van der Waals surface area contributed by atoms with Crippen LogP contribution < -0.4 is 10.1 Å². The minimum Gasteiger partial charge on any atom is -0.493 e. The molecular formula is C12H13BrClNO2. The highest BCUT2D eigenvalue weighted by Gasteiger charge is 2.01. The molecule has 1 aromatic carbocycles. The molecule has 0 heterocycles. The average molecular weight is 319 g/mol. The van der Waals surface area contributed by atoms with Gasteiger partial charge in [-0.3, -0.25) is 4.79 Å². The van der Waals surface area contributed by atoms with Crippen molar-refractivity contribution in [2.24, 2.45) is 0 Å². The van der Waals surface area contributed by atoms with Gasteiger partial charge in [-0.2, -0.15) is 0 Å². The standard InChI is InChI=1S/C12H13BrClNO2/c1-9(14)8-15-12(16)6-7-17-11-4-2-10(13)3-5-11/h2-5H,1,6-8H2,(H,15,16). The zero-order valence-electron chi connectivity index (χ0n) is 9.21. The number of carbonyl (C=O) groups excluding carboxylic acids is 1. The van der Waals surface area contributed by atoms with Crippen molar-refractivity contribution in [3.05, 3.63) is 40.3 Å². The van der Waals surface area contributed by atoms with Crippen LogP contribution in [-0.4, -0.2) is 19.1 Å². The molecule has 1 rings (SSSR count). The zero-order chi connectivity index (χ0) is 12.7. The summed E-state index contributed by atoms with van der Waals surface area (Å²) in [4.78, 5) is 11.3. The molecule has 5 heteroatoms. The molecule has 0 aliphatic carbocycles. The lowest BCUT2D eigenvalue weighted by Crippen LogP contribution is -2.25. The topological polar surface area (TPSA) is 38.3 Å². The van der Waals surface area contributed by atoms with E-state index in [1.807, 2.05) is 24.3 Å². The second-order valence-corrected chi connectivity index (χ2v) is 4.80. The molecule has 0 spiro atoms. The number of nitrogens with one attached hydrogen (secondary N) is 1. The fourth-order valence-electron chi connectivity index (χ4n) is 1.08. The van der Waals surface area contributed by atoms with Crippen molar-refractivity contribution in [2.75, 3.05) is 13.2 Å². The number of carbonyl (C=O) groups is 1. The monoisotopic (exact) mass is 317 g/mol. The number of benzene rings is 1. The zero-order valence-corrected chi connectivity index (χ0v) is 11.6. The molecule has 1 amide bonds. The Morgan fingerprint density at radius 3 is 2.65 bits per heavy atom. The number of ether oxygens (including phenoxy) is 1. The Bertz CT molecular complexity index is 392. The Morgan fingerprint density at radius 2 is 2.06 bits per heavy atom. The highest BCUT2D eigenvalue weighted by Crippen LogP contribution is 2.16. The highest BCUT2D eigenvalue weighted by atomic mass is 79.9. The Hall–Kier alpha value is -1.000. The first-order chi connectivity index (χ1) is 8.08. The fourth-order valence-corrected chi connectivity index (χ4v) is 1.41. The van der Waals surface area contributed by atoms with E-state index in [0.29, 0.717) is 24.6 Å². The summed E-state index contributed by atoms with van der Waals surface area (Å²) in [5, 5.41) is 3.03. The first kappa shape index (κ1) is 14.1. The summed E-state index contributed by atoms with van der Waals surface area (Å²) in [5.41, 5.74) is 0. The molecule has 0 saturated carbocycles. The quantitative estimate of drug-likeness (QED) is 0.875.